The molecule has 2 unspecified atom stereocenters. The van der Waals surface area contributed by atoms with E-state index in [-0.39, 0.29) is 18.5 Å². The van der Waals surface area contributed by atoms with Crippen LogP contribution in [0.4, 0.5) is 0 Å². The Kier molecular flexibility index (Phi) is 8.79. The van der Waals surface area contributed by atoms with Crippen LogP contribution in [0.15, 0.2) is 0 Å². The third-order valence-corrected chi connectivity index (χ3v) is 2.58. The summed E-state index contributed by atoms with van der Waals surface area (Å²) in [6, 6.07) is 0. The molecule has 0 rings (SSSR count). The molecule has 0 radical (unpaired) electrons. The molecule has 2 N–H and O–H groups in total. The molecule has 0 aromatic carbocycles. The number of carboxylic acid groups (broad SMARTS) is 1. The van der Waals surface area contributed by atoms with Crippen molar-refractivity contribution in [3.05, 3.63) is 0 Å². The molecule has 2 atom stereocenters. The molecular weight excluding hydrogens is 220 g/mol. The number of carbonyl (C=O) groups is 1. The Morgan fingerprint density at radius 1 is 1.47 bits per heavy atom. The average molecular weight is 238 g/mol. The van der Waals surface area contributed by atoms with Gasteiger partial charge in [-0.15, -0.1) is 11.8 Å². The Labute approximate surface area is 93.8 Å². The molecule has 6 heteroatoms. The van der Waals surface area contributed by atoms with E-state index in [0.29, 0.717) is 12.4 Å². The second-order valence-electron chi connectivity index (χ2n) is 3.16. The van der Waals surface area contributed by atoms with E-state index >= 15 is 0 Å². The minimum atomic E-state index is -0.874. The van der Waals surface area contributed by atoms with Crippen LogP contribution in [0, 0.1) is 0 Å². The van der Waals surface area contributed by atoms with E-state index in [4.69, 9.17) is 14.6 Å². The molecule has 90 valence electrons. The number of carboxylic acids is 1. The van der Waals surface area contributed by atoms with E-state index < -0.39 is 12.1 Å². The summed E-state index contributed by atoms with van der Waals surface area (Å²) in [6.45, 7) is 2.53. The molecule has 0 saturated carbocycles. The van der Waals surface area contributed by atoms with Crippen molar-refractivity contribution in [2.45, 2.75) is 19.1 Å². The van der Waals surface area contributed by atoms with Crippen LogP contribution in [0.5, 0.6) is 0 Å². The molecule has 0 aromatic rings. The predicted molar refractivity (Wildman–Crippen MR) is 58.3 cm³/mol. The number of methoxy groups -OCH3 is 1. The highest BCUT2D eigenvalue weighted by Gasteiger charge is 2.09. The lowest BCUT2D eigenvalue weighted by Crippen LogP contribution is -2.24. The van der Waals surface area contributed by atoms with Crippen LogP contribution in [0.1, 0.15) is 6.92 Å². The number of rotatable bonds is 9. The van der Waals surface area contributed by atoms with Gasteiger partial charge in [0.05, 0.1) is 31.2 Å². The molecule has 0 aromatic heterocycles. The van der Waals surface area contributed by atoms with E-state index in [2.05, 4.69) is 0 Å². The summed E-state index contributed by atoms with van der Waals surface area (Å²) < 4.78 is 10.1. The Hall–Kier alpha value is -0.300. The largest absolute Gasteiger partial charge is 0.481 e. The molecule has 0 bridgehead atoms. The van der Waals surface area contributed by atoms with Gasteiger partial charge >= 0.3 is 5.97 Å². The van der Waals surface area contributed by atoms with E-state index in [9.17, 15) is 9.90 Å². The van der Waals surface area contributed by atoms with Gasteiger partial charge < -0.3 is 19.7 Å². The fraction of sp³-hybridized carbons (Fsp3) is 0.889. The van der Waals surface area contributed by atoms with Gasteiger partial charge in [0.25, 0.3) is 0 Å². The lowest BCUT2D eigenvalue weighted by Gasteiger charge is -2.15. The fourth-order valence-electron chi connectivity index (χ4n) is 0.889. The van der Waals surface area contributed by atoms with Gasteiger partial charge in [-0.2, -0.15) is 0 Å². The Bertz CT molecular complexity index is 176. The number of aliphatic hydroxyl groups excluding tert-OH is 1. The normalized spacial score (nSPS) is 14.9. The maximum absolute atomic E-state index is 10.2. The molecule has 0 saturated heterocycles. The Morgan fingerprint density at radius 3 is 2.67 bits per heavy atom. The molecule has 15 heavy (non-hydrogen) atoms. The molecular formula is C9H18O5S. The van der Waals surface area contributed by atoms with Crippen molar-refractivity contribution in [3.63, 3.8) is 0 Å². The van der Waals surface area contributed by atoms with Crippen LogP contribution in [0.25, 0.3) is 0 Å². The second-order valence-corrected chi connectivity index (χ2v) is 4.19. The fourth-order valence-corrected chi connectivity index (χ4v) is 1.55. The summed E-state index contributed by atoms with van der Waals surface area (Å²) in [4.78, 5) is 10.2. The van der Waals surface area contributed by atoms with Crippen LogP contribution < -0.4 is 0 Å². The van der Waals surface area contributed by atoms with Crippen molar-refractivity contribution in [3.8, 4) is 0 Å². The standard InChI is InChI=1S/C9H18O5S/c1-7(3-13-2)14-4-8(10)5-15-6-9(11)12/h7-8,10H,3-6H2,1-2H3,(H,11,12). The maximum Gasteiger partial charge on any atom is 0.313 e. The number of thioether (sulfide) groups is 1. The lowest BCUT2D eigenvalue weighted by atomic mass is 10.4. The summed E-state index contributed by atoms with van der Waals surface area (Å²) in [5.74, 6) is -0.502. The van der Waals surface area contributed by atoms with E-state index in [1.54, 1.807) is 7.11 Å². The smallest absolute Gasteiger partial charge is 0.313 e. The van der Waals surface area contributed by atoms with Crippen LogP contribution in [0.3, 0.4) is 0 Å². The first-order chi connectivity index (χ1) is 7.06. The first kappa shape index (κ1) is 14.7. The third-order valence-electron chi connectivity index (χ3n) is 1.51. The van der Waals surface area contributed by atoms with Gasteiger partial charge in [-0.3, -0.25) is 4.79 Å². The molecule has 0 aliphatic heterocycles. The van der Waals surface area contributed by atoms with Crippen molar-refractivity contribution in [1.29, 1.82) is 0 Å². The highest BCUT2D eigenvalue weighted by molar-refractivity contribution is 7.99. The van der Waals surface area contributed by atoms with Crippen LogP contribution in [0.2, 0.25) is 0 Å². The predicted octanol–water partition coefficient (Wildman–Crippen LogP) is 0.217. The highest BCUT2D eigenvalue weighted by atomic mass is 32.2. The van der Waals surface area contributed by atoms with E-state index in [1.807, 2.05) is 6.92 Å². The number of aliphatic carboxylic acids is 1. The number of aliphatic hydroxyl groups is 1. The zero-order valence-corrected chi connectivity index (χ0v) is 9.83. The highest BCUT2D eigenvalue weighted by Crippen LogP contribution is 2.04. The van der Waals surface area contributed by atoms with Crippen molar-refractivity contribution < 1.29 is 24.5 Å². The van der Waals surface area contributed by atoms with Crippen LogP contribution >= 0.6 is 11.8 Å². The minimum absolute atomic E-state index is 0.00465. The van der Waals surface area contributed by atoms with Gasteiger partial charge in [0.2, 0.25) is 0 Å². The molecule has 0 heterocycles. The van der Waals surface area contributed by atoms with Gasteiger partial charge in [-0.05, 0) is 6.92 Å². The third kappa shape index (κ3) is 9.99. The number of hydrogen-bond acceptors (Lipinski definition) is 5. The molecule has 5 nitrogen and oxygen atoms in total. The zero-order valence-electron chi connectivity index (χ0n) is 9.01. The van der Waals surface area contributed by atoms with Crippen LogP contribution in [-0.2, 0) is 14.3 Å². The summed E-state index contributed by atoms with van der Waals surface area (Å²) >= 11 is 1.17. The Balaban J connectivity index is 3.40. The molecule has 0 aliphatic carbocycles. The van der Waals surface area contributed by atoms with Crippen LogP contribution in [-0.4, -0.2) is 60.2 Å². The SMILES string of the molecule is COCC(C)OCC(O)CSCC(=O)O. The second kappa shape index (κ2) is 8.96. The van der Waals surface area contributed by atoms with Crippen molar-refractivity contribution in [2.75, 3.05) is 31.8 Å². The topological polar surface area (TPSA) is 76.0 Å². The minimum Gasteiger partial charge on any atom is -0.481 e. The molecule has 0 spiro atoms. The van der Waals surface area contributed by atoms with E-state index in [0.717, 1.165) is 0 Å². The van der Waals surface area contributed by atoms with E-state index in [1.165, 1.54) is 11.8 Å². The first-order valence-electron chi connectivity index (χ1n) is 4.64. The quantitative estimate of drug-likeness (QED) is 0.598. The summed E-state index contributed by atoms with van der Waals surface area (Å²) in [6.07, 6.45) is -0.692. The van der Waals surface area contributed by atoms with Gasteiger partial charge in [-0.1, -0.05) is 0 Å². The average Bonchev–Trinajstić information content (AvgIpc) is 2.14. The monoisotopic (exact) mass is 238 g/mol. The van der Waals surface area contributed by atoms with Gasteiger partial charge in [0.1, 0.15) is 0 Å². The molecule has 0 fully saturated rings. The number of hydrogen-bond donors (Lipinski definition) is 2. The summed E-state index contributed by atoms with van der Waals surface area (Å²) in [7, 11) is 1.58. The Morgan fingerprint density at radius 2 is 2.13 bits per heavy atom. The van der Waals surface area contributed by atoms with Crippen molar-refractivity contribution in [2.24, 2.45) is 0 Å². The number of ether oxygens (including phenoxy) is 2. The van der Waals surface area contributed by atoms with Gasteiger partial charge in [-0.25, -0.2) is 0 Å². The van der Waals surface area contributed by atoms with Crippen molar-refractivity contribution >= 4 is 17.7 Å². The van der Waals surface area contributed by atoms with Gasteiger partial charge in [0, 0.05) is 12.9 Å². The lowest BCUT2D eigenvalue weighted by molar-refractivity contribution is -0.133. The van der Waals surface area contributed by atoms with Crippen molar-refractivity contribution in [1.82, 2.24) is 0 Å². The molecule has 0 amide bonds. The first-order valence-corrected chi connectivity index (χ1v) is 5.79. The summed E-state index contributed by atoms with van der Waals surface area (Å²) in [5.41, 5.74) is 0. The van der Waals surface area contributed by atoms with Gasteiger partial charge in [0.15, 0.2) is 0 Å². The zero-order chi connectivity index (χ0) is 11.7. The maximum atomic E-state index is 10.2. The molecule has 0 aliphatic rings. The summed E-state index contributed by atoms with van der Waals surface area (Å²) in [5, 5.41) is 17.8.